The van der Waals surface area contributed by atoms with Crippen LogP contribution >= 0.6 is 0 Å². The molecule has 0 aliphatic rings. The van der Waals surface area contributed by atoms with Crippen LogP contribution in [0.15, 0.2) is 59.5 Å². The van der Waals surface area contributed by atoms with Gasteiger partial charge in [-0.15, -0.1) is 0 Å². The van der Waals surface area contributed by atoms with Crippen molar-refractivity contribution in [3.8, 4) is 23.1 Å². The summed E-state index contributed by atoms with van der Waals surface area (Å²) in [6, 6.07) is 11.5. The number of aliphatic hydroxyl groups excluding tert-OH is 1. The second kappa shape index (κ2) is 10.0. The van der Waals surface area contributed by atoms with Gasteiger partial charge in [-0.1, -0.05) is 20.8 Å². The average molecular weight is 491 g/mol. The zero-order valence-electron chi connectivity index (χ0n) is 20.5. The van der Waals surface area contributed by atoms with Crippen molar-refractivity contribution >= 4 is 19.3 Å². The molecule has 182 valence electrons. The van der Waals surface area contributed by atoms with Crippen molar-refractivity contribution in [2.24, 2.45) is 0 Å². The summed E-state index contributed by atoms with van der Waals surface area (Å²) in [5.41, 5.74) is 2.84. The van der Waals surface area contributed by atoms with E-state index in [2.05, 4.69) is 43.5 Å². The van der Waals surface area contributed by atoms with Crippen LogP contribution in [0.1, 0.15) is 31.9 Å². The number of nitrogens with zero attached hydrogens (tertiary/aromatic N) is 4. The number of aliphatic hydroxyl groups is 1. The van der Waals surface area contributed by atoms with Crippen LogP contribution in [-0.4, -0.2) is 41.0 Å². The van der Waals surface area contributed by atoms with E-state index in [1.165, 1.54) is 6.20 Å². The summed E-state index contributed by atoms with van der Waals surface area (Å²) in [5, 5.41) is 24.4. The van der Waals surface area contributed by atoms with Crippen molar-refractivity contribution in [1.82, 2.24) is 14.8 Å². The molecule has 3 aromatic heterocycles. The second-order valence-electron chi connectivity index (χ2n) is 9.73. The summed E-state index contributed by atoms with van der Waals surface area (Å²) in [6.45, 7) is 9.91. The maximum Gasteiger partial charge on any atom is 0.220 e. The molecule has 0 fully saturated rings. The van der Waals surface area contributed by atoms with Crippen molar-refractivity contribution in [2.45, 2.75) is 45.5 Å². The number of rotatable bonds is 9. The molecule has 3 heterocycles. The summed E-state index contributed by atoms with van der Waals surface area (Å²) < 4.78 is 19.9. The molecule has 0 spiro atoms. The van der Waals surface area contributed by atoms with Gasteiger partial charge in [0.2, 0.25) is 8.32 Å². The fraction of sp³-hybridized carbons (Fsp3) is 0.346. The molecule has 4 rings (SSSR count). The summed E-state index contributed by atoms with van der Waals surface area (Å²) >= 11 is 0. The lowest BCUT2D eigenvalue weighted by molar-refractivity contribution is 0.227. The first-order chi connectivity index (χ1) is 16.7. The summed E-state index contributed by atoms with van der Waals surface area (Å²) in [5.74, 6) is 1.33. The average Bonchev–Trinajstić information content (AvgIpc) is 3.48. The van der Waals surface area contributed by atoms with Gasteiger partial charge >= 0.3 is 0 Å². The van der Waals surface area contributed by atoms with E-state index in [1.807, 2.05) is 35.1 Å². The van der Waals surface area contributed by atoms with E-state index in [0.29, 0.717) is 42.4 Å². The van der Waals surface area contributed by atoms with Crippen LogP contribution in [0, 0.1) is 11.3 Å². The summed E-state index contributed by atoms with van der Waals surface area (Å²) in [4.78, 5) is 4.00. The highest BCUT2D eigenvalue weighted by Crippen LogP contribution is 2.36. The fourth-order valence-corrected chi connectivity index (χ4v) is 5.12. The Bertz CT molecular complexity index is 1350. The van der Waals surface area contributed by atoms with Gasteiger partial charge in [-0.2, -0.15) is 10.4 Å². The molecule has 0 aliphatic heterocycles. The maximum atomic E-state index is 9.83. The lowest BCUT2D eigenvalue weighted by Gasteiger charge is -2.37. The molecule has 1 atom stereocenters. The van der Waals surface area contributed by atoms with E-state index in [0.717, 1.165) is 16.5 Å². The molecular weight excluding hydrogens is 460 g/mol. The minimum absolute atomic E-state index is 0.0436. The van der Waals surface area contributed by atoms with Crippen LogP contribution in [0.5, 0.6) is 5.75 Å². The Morgan fingerprint density at radius 3 is 2.77 bits per heavy atom. The minimum atomic E-state index is -2.22. The zero-order chi connectivity index (χ0) is 25.1. The molecule has 1 aromatic carbocycles. The quantitative estimate of drug-likeness (QED) is 0.327. The Labute approximate surface area is 205 Å². The largest absolute Gasteiger partial charge is 0.489 e. The van der Waals surface area contributed by atoms with Crippen molar-refractivity contribution in [1.29, 1.82) is 5.26 Å². The summed E-state index contributed by atoms with van der Waals surface area (Å²) in [6.07, 6.45) is 7.00. The molecule has 4 aromatic rings. The number of ether oxygens (including phenoxy) is 1. The fourth-order valence-electron chi connectivity index (χ4n) is 3.58. The van der Waals surface area contributed by atoms with Gasteiger partial charge in [-0.3, -0.25) is 9.67 Å². The van der Waals surface area contributed by atoms with Crippen LogP contribution in [0.3, 0.4) is 0 Å². The van der Waals surface area contributed by atoms with E-state index in [4.69, 9.17) is 13.6 Å². The number of aromatic nitrogens is 3. The molecule has 35 heavy (non-hydrogen) atoms. The Morgan fingerprint density at radius 2 is 2.03 bits per heavy atom. The van der Waals surface area contributed by atoms with E-state index >= 15 is 0 Å². The highest BCUT2D eigenvalue weighted by molar-refractivity contribution is 6.75. The molecular formula is C26H30N4O4Si. The predicted octanol–water partition coefficient (Wildman–Crippen LogP) is 5.07. The smallest absolute Gasteiger partial charge is 0.220 e. The molecule has 0 saturated heterocycles. The van der Waals surface area contributed by atoms with Crippen molar-refractivity contribution in [2.75, 3.05) is 12.8 Å². The number of fused-ring (bicyclic) bond motifs is 1. The molecule has 0 aliphatic carbocycles. The van der Waals surface area contributed by atoms with Gasteiger partial charge in [0.05, 0.1) is 31.1 Å². The molecule has 0 radical (unpaired) electrons. The molecule has 8 nitrogen and oxygen atoms in total. The van der Waals surface area contributed by atoms with Gasteiger partial charge in [-0.05, 0) is 41.9 Å². The zero-order valence-corrected chi connectivity index (χ0v) is 21.5. The van der Waals surface area contributed by atoms with E-state index in [-0.39, 0.29) is 11.3 Å². The lowest BCUT2D eigenvalue weighted by Crippen LogP contribution is -2.48. The van der Waals surface area contributed by atoms with Gasteiger partial charge in [0, 0.05) is 35.1 Å². The number of pyridine rings is 1. The lowest BCUT2D eigenvalue weighted by atomic mass is 10.1. The van der Waals surface area contributed by atoms with Crippen LogP contribution in [-0.2, 0) is 17.6 Å². The number of benzene rings is 1. The van der Waals surface area contributed by atoms with Crippen molar-refractivity contribution < 1.29 is 18.7 Å². The first-order valence-electron chi connectivity index (χ1n) is 11.5. The van der Waals surface area contributed by atoms with Gasteiger partial charge in [0.25, 0.3) is 0 Å². The van der Waals surface area contributed by atoms with Gasteiger partial charge in [0.15, 0.2) is 0 Å². The Morgan fingerprint density at radius 1 is 1.20 bits per heavy atom. The van der Waals surface area contributed by atoms with E-state index < -0.39 is 8.32 Å². The molecule has 9 heteroatoms. The molecule has 0 amide bonds. The van der Waals surface area contributed by atoms with Crippen molar-refractivity contribution in [3.63, 3.8) is 0 Å². The van der Waals surface area contributed by atoms with Crippen LogP contribution in [0.25, 0.3) is 22.3 Å². The highest BCUT2D eigenvalue weighted by atomic mass is 28.4. The third-order valence-electron chi connectivity index (χ3n) is 6.42. The molecule has 1 N–H and O–H groups in total. The normalized spacial score (nSPS) is 13.5. The number of furan rings is 1. The molecule has 1 unspecified atom stereocenters. The Balaban J connectivity index is 1.37. The van der Waals surface area contributed by atoms with Crippen LogP contribution in [0.4, 0.5) is 0 Å². The van der Waals surface area contributed by atoms with E-state index in [1.54, 1.807) is 18.5 Å². The summed E-state index contributed by atoms with van der Waals surface area (Å²) in [7, 11) is -2.22. The molecule has 0 bridgehead atoms. The molecule has 0 saturated carbocycles. The number of hydrogen-bond donors (Lipinski definition) is 1. The SMILES string of the molecule is CC(C)(C)[Si](C)(CO)OCCn1cc(COc2ccc3oc(-c4ccncc4C#N)cc3c2)cn1. The van der Waals surface area contributed by atoms with Gasteiger partial charge in [-0.25, -0.2) is 0 Å². The second-order valence-corrected chi connectivity index (χ2v) is 14.3. The van der Waals surface area contributed by atoms with Crippen LogP contribution < -0.4 is 4.74 Å². The third kappa shape index (κ3) is 5.46. The van der Waals surface area contributed by atoms with Gasteiger partial charge < -0.3 is 18.7 Å². The minimum Gasteiger partial charge on any atom is -0.489 e. The number of nitriles is 1. The monoisotopic (exact) mass is 490 g/mol. The Kier molecular flexibility index (Phi) is 7.07. The highest BCUT2D eigenvalue weighted by Gasteiger charge is 2.41. The standard InChI is InChI=1S/C26H30N4O4Si/c1-26(2,3)35(4,18-31)33-10-9-30-16-19(14-29-30)17-32-22-5-6-24-20(11-22)12-25(34-24)23-7-8-28-15-21(23)13-27/h5-8,11-12,14-16,31H,9-10,17-18H2,1-4H3. The van der Waals surface area contributed by atoms with E-state index in [9.17, 15) is 10.4 Å². The first kappa shape index (κ1) is 24.7. The predicted molar refractivity (Wildman–Crippen MR) is 135 cm³/mol. The van der Waals surface area contributed by atoms with Gasteiger partial charge in [0.1, 0.15) is 29.8 Å². The first-order valence-corrected chi connectivity index (χ1v) is 14.1. The third-order valence-corrected chi connectivity index (χ3v) is 11.0. The number of hydrogen-bond acceptors (Lipinski definition) is 7. The maximum absolute atomic E-state index is 9.83. The topological polar surface area (TPSA) is 106 Å². The van der Waals surface area contributed by atoms with Crippen molar-refractivity contribution in [3.05, 3.63) is 66.2 Å². The van der Waals surface area contributed by atoms with Crippen LogP contribution in [0.2, 0.25) is 11.6 Å². The Hall–Kier alpha value is -3.45.